The summed E-state index contributed by atoms with van der Waals surface area (Å²) in [7, 11) is 5.57. The lowest BCUT2D eigenvalue weighted by atomic mass is 9.84. The molecule has 0 aromatic heterocycles. The molecule has 18 heteroatoms. The van der Waals surface area contributed by atoms with Crippen molar-refractivity contribution in [1.82, 2.24) is 0 Å². The van der Waals surface area contributed by atoms with E-state index in [0.717, 1.165) is 11.6 Å². The second-order valence-corrected chi connectivity index (χ2v) is 15.7. The molecule has 1 aliphatic rings. The first kappa shape index (κ1) is 52.8. The van der Waals surface area contributed by atoms with Crippen LogP contribution in [0.5, 0.6) is 51.7 Å². The van der Waals surface area contributed by atoms with E-state index >= 15 is 0 Å². The summed E-state index contributed by atoms with van der Waals surface area (Å²) >= 11 is 0. The van der Waals surface area contributed by atoms with E-state index in [4.69, 9.17) is 52.1 Å². The van der Waals surface area contributed by atoms with Crippen molar-refractivity contribution in [3.8, 4) is 51.7 Å². The summed E-state index contributed by atoms with van der Waals surface area (Å²) < 4.78 is 62.3. The highest BCUT2D eigenvalue weighted by atomic mass is 16.6. The largest absolute Gasteiger partial charge is 0.493 e. The maximum absolute atomic E-state index is 14.2. The zero-order chi connectivity index (χ0) is 51.1. The average molecular weight is 967 g/mol. The molecule has 370 valence electrons. The second-order valence-electron chi connectivity index (χ2n) is 15.7. The zero-order valence-corrected chi connectivity index (χ0v) is 40.1. The second kappa shape index (κ2) is 24.7. The predicted octanol–water partition coefficient (Wildman–Crippen LogP) is 7.52. The van der Waals surface area contributed by atoms with E-state index < -0.39 is 65.8 Å². The molecule has 4 atom stereocenters. The molecule has 0 aliphatic carbocycles. The van der Waals surface area contributed by atoms with Crippen LogP contribution in [0.25, 0.3) is 12.2 Å². The monoisotopic (exact) mass is 966 g/mol. The first-order valence-corrected chi connectivity index (χ1v) is 21.8. The van der Waals surface area contributed by atoms with Crippen molar-refractivity contribution < 1.29 is 85.7 Å². The number of hydrogen-bond acceptors (Lipinski definition) is 18. The van der Waals surface area contributed by atoms with E-state index in [1.54, 1.807) is 48.5 Å². The highest BCUT2D eigenvalue weighted by molar-refractivity contribution is 5.94. The minimum atomic E-state index is -1.34. The Bertz CT molecular complexity index is 2660. The molecule has 1 aliphatic heterocycles. The number of hydrogen-bond donors (Lipinski definition) is 0. The van der Waals surface area contributed by atoms with Crippen molar-refractivity contribution in [1.29, 1.82) is 0 Å². The summed E-state index contributed by atoms with van der Waals surface area (Å²) in [5.41, 5.74) is 2.07. The molecule has 5 rings (SSSR count). The molecule has 0 N–H and O–H groups in total. The number of rotatable bonds is 19. The number of carbonyl (C=O) groups is 7. The Hall–Kier alpha value is -8.15. The van der Waals surface area contributed by atoms with E-state index in [1.165, 1.54) is 99.5 Å². The number of benzene rings is 4. The number of ether oxygens (including phenoxy) is 11. The van der Waals surface area contributed by atoms with Crippen molar-refractivity contribution in [2.75, 3.05) is 28.4 Å². The zero-order valence-electron chi connectivity index (χ0n) is 40.1. The molecule has 4 aromatic carbocycles. The van der Waals surface area contributed by atoms with Crippen LogP contribution in [0.2, 0.25) is 0 Å². The number of allylic oxidation sites excluding steroid dienone is 1. The molecule has 0 saturated heterocycles. The fourth-order valence-corrected chi connectivity index (χ4v) is 7.55. The van der Waals surface area contributed by atoms with Crippen LogP contribution < -0.4 is 42.6 Å². The lowest BCUT2D eigenvalue weighted by molar-refractivity contribution is -0.168. The SMILES string of the molecule is COc1cc(/C=C/C(=O)CC2c3cc(OC)c(OC(C)=O)c(c3)OC(CCc3ccc(OC(C)=O)c(OC)c3)CC(OC(=O)/C=C/c3ccc(OC(C)=O)c(OC)c3)C2OC(C)=O)ccc1OC(C)=O. The molecule has 0 amide bonds. The normalized spacial score (nSPS) is 16.3. The fraction of sp³-hybridized carbons (Fsp3) is 0.327. The molecular weight excluding hydrogens is 913 g/mol. The van der Waals surface area contributed by atoms with Crippen LogP contribution in [-0.2, 0) is 49.5 Å². The molecule has 0 radical (unpaired) electrons. The van der Waals surface area contributed by atoms with Crippen molar-refractivity contribution in [3.63, 3.8) is 0 Å². The summed E-state index contributed by atoms with van der Waals surface area (Å²) in [6.07, 6.45) is 1.95. The Morgan fingerprint density at radius 3 is 1.59 bits per heavy atom. The van der Waals surface area contributed by atoms with Gasteiger partial charge in [0.1, 0.15) is 18.3 Å². The van der Waals surface area contributed by atoms with Gasteiger partial charge in [0.2, 0.25) is 5.75 Å². The van der Waals surface area contributed by atoms with Gasteiger partial charge in [0, 0.05) is 59.5 Å². The van der Waals surface area contributed by atoms with Crippen molar-refractivity contribution >= 4 is 53.8 Å². The third-order valence-corrected chi connectivity index (χ3v) is 10.5. The number of fused-ring (bicyclic) bond motifs is 2. The average Bonchev–Trinajstić information content (AvgIpc) is 3.34. The summed E-state index contributed by atoms with van der Waals surface area (Å²) in [5.74, 6) is -4.10. The molecule has 4 unspecified atom stereocenters. The molecule has 0 saturated carbocycles. The van der Waals surface area contributed by atoms with Gasteiger partial charge in [-0.3, -0.25) is 28.8 Å². The van der Waals surface area contributed by atoms with Crippen LogP contribution in [0.15, 0.2) is 78.9 Å². The van der Waals surface area contributed by atoms with E-state index in [-0.39, 0.29) is 65.3 Å². The third-order valence-electron chi connectivity index (χ3n) is 10.5. The number of ketones is 1. The van der Waals surface area contributed by atoms with Crippen LogP contribution >= 0.6 is 0 Å². The van der Waals surface area contributed by atoms with Gasteiger partial charge in [-0.2, -0.15) is 0 Å². The molecule has 0 spiro atoms. The molecule has 1 heterocycles. The fourth-order valence-electron chi connectivity index (χ4n) is 7.55. The topological polar surface area (TPSA) is 221 Å². The highest BCUT2D eigenvalue weighted by Gasteiger charge is 2.41. The molecule has 70 heavy (non-hydrogen) atoms. The number of methoxy groups -OCH3 is 4. The first-order chi connectivity index (χ1) is 33.4. The van der Waals surface area contributed by atoms with Gasteiger partial charge < -0.3 is 52.1 Å². The minimum absolute atomic E-state index is 0.0462. The quantitative estimate of drug-likeness (QED) is 0.0504. The summed E-state index contributed by atoms with van der Waals surface area (Å²) in [4.78, 5) is 88.8. The van der Waals surface area contributed by atoms with E-state index in [9.17, 15) is 33.6 Å². The van der Waals surface area contributed by atoms with Gasteiger partial charge in [0.25, 0.3) is 0 Å². The number of aryl methyl sites for hydroxylation is 1. The summed E-state index contributed by atoms with van der Waals surface area (Å²) in [6, 6.07) is 17.4. The standard InChI is InChI=1S/C52H54O18/c1-29(53)64-41-18-12-34(22-44(41)60-6)10-16-38(58)27-40-37-25-47(63-9)52(68-33(5)57)48(26-37)69-39(17-11-35-13-19-42(65-30(2)54)45(23-35)61-7)28-49(51(40)67-32(4)56)70-50(59)21-15-36-14-20-43(66-31(3)55)46(24-36)62-8/h10,12-16,18-26,39-40,49,51H,11,17,27-28H2,1-9H3/b16-10+,21-15+. The molecule has 2 bridgehead atoms. The molecule has 18 nitrogen and oxygen atoms in total. The molecular formula is C52H54O18. The predicted molar refractivity (Wildman–Crippen MR) is 250 cm³/mol. The first-order valence-electron chi connectivity index (χ1n) is 21.8. The van der Waals surface area contributed by atoms with Crippen molar-refractivity contribution in [3.05, 3.63) is 101 Å². The van der Waals surface area contributed by atoms with Gasteiger partial charge in [-0.25, -0.2) is 4.79 Å². The maximum atomic E-state index is 14.2. The summed E-state index contributed by atoms with van der Waals surface area (Å²) in [6.45, 7) is 6.15. The summed E-state index contributed by atoms with van der Waals surface area (Å²) in [5, 5.41) is 0. The lowest BCUT2D eigenvalue weighted by Gasteiger charge is -2.33. The Balaban J connectivity index is 1.61. The molecule has 0 fully saturated rings. The van der Waals surface area contributed by atoms with Crippen LogP contribution in [0.3, 0.4) is 0 Å². The maximum Gasteiger partial charge on any atom is 0.331 e. The van der Waals surface area contributed by atoms with E-state index in [2.05, 4.69) is 0 Å². The Morgan fingerprint density at radius 2 is 1.07 bits per heavy atom. The molecule has 4 aromatic rings. The van der Waals surface area contributed by atoms with Gasteiger partial charge in [-0.1, -0.05) is 24.3 Å². The highest BCUT2D eigenvalue weighted by Crippen LogP contribution is 2.46. The van der Waals surface area contributed by atoms with Gasteiger partial charge >= 0.3 is 35.8 Å². The Morgan fingerprint density at radius 1 is 0.557 bits per heavy atom. The Kier molecular flexibility index (Phi) is 18.7. The van der Waals surface area contributed by atoms with Gasteiger partial charge in [-0.15, -0.1) is 0 Å². The van der Waals surface area contributed by atoms with Crippen LogP contribution in [0.1, 0.15) is 82.1 Å². The van der Waals surface area contributed by atoms with Crippen molar-refractivity contribution in [2.45, 2.75) is 84.5 Å². The van der Waals surface area contributed by atoms with E-state index in [1.807, 2.05) is 0 Å². The third kappa shape index (κ3) is 14.9. The van der Waals surface area contributed by atoms with Crippen LogP contribution in [0.4, 0.5) is 0 Å². The van der Waals surface area contributed by atoms with E-state index in [0.29, 0.717) is 28.9 Å². The van der Waals surface area contributed by atoms with Crippen molar-refractivity contribution in [2.24, 2.45) is 0 Å². The van der Waals surface area contributed by atoms with Gasteiger partial charge in [0.15, 0.2) is 51.8 Å². The van der Waals surface area contributed by atoms with Gasteiger partial charge in [0.05, 0.1) is 28.4 Å². The van der Waals surface area contributed by atoms with Crippen LogP contribution in [-0.4, -0.2) is 88.4 Å². The number of esters is 6. The minimum Gasteiger partial charge on any atom is -0.493 e. The Labute approximate surface area is 404 Å². The van der Waals surface area contributed by atoms with Crippen LogP contribution in [0, 0.1) is 0 Å². The smallest absolute Gasteiger partial charge is 0.331 e. The lowest BCUT2D eigenvalue weighted by Crippen LogP contribution is -2.42. The number of carbonyl (C=O) groups excluding carboxylic acids is 7. The van der Waals surface area contributed by atoms with Gasteiger partial charge in [-0.05, 0) is 95.8 Å².